The highest BCUT2D eigenvalue weighted by Crippen LogP contribution is 2.32. The number of carbonyl (C=O) groups is 1. The second-order valence-corrected chi connectivity index (χ2v) is 11.2. The average Bonchev–Trinajstić information content (AvgIpc) is 2.76. The second-order valence-electron chi connectivity index (χ2n) is 5.37. The SMILES string of the molecule is COC(=O)Oc1cc2ccc(C#C[Si](C)(C)C)cc2s1. The van der Waals surface area contributed by atoms with Gasteiger partial charge in [0.05, 0.1) is 7.11 Å². The van der Waals surface area contributed by atoms with Crippen molar-refractivity contribution in [2.24, 2.45) is 0 Å². The van der Waals surface area contributed by atoms with E-state index in [9.17, 15) is 4.79 Å². The van der Waals surface area contributed by atoms with Gasteiger partial charge >= 0.3 is 6.16 Å². The Morgan fingerprint density at radius 3 is 2.65 bits per heavy atom. The lowest BCUT2D eigenvalue weighted by Gasteiger charge is -2.03. The molecule has 1 aromatic heterocycles. The van der Waals surface area contributed by atoms with Crippen LogP contribution >= 0.6 is 11.3 Å². The number of rotatable bonds is 1. The molecule has 0 aliphatic rings. The molecule has 1 heterocycles. The van der Waals surface area contributed by atoms with Crippen molar-refractivity contribution in [1.82, 2.24) is 0 Å². The van der Waals surface area contributed by atoms with Gasteiger partial charge in [-0.25, -0.2) is 4.79 Å². The molecule has 104 valence electrons. The Labute approximate surface area is 123 Å². The lowest BCUT2D eigenvalue weighted by molar-refractivity contribution is 0.123. The van der Waals surface area contributed by atoms with Crippen LogP contribution in [0.2, 0.25) is 19.6 Å². The first-order valence-corrected chi connectivity index (χ1v) is 10.5. The second kappa shape index (κ2) is 5.69. The maximum absolute atomic E-state index is 11.1. The van der Waals surface area contributed by atoms with Crippen LogP contribution in [0.5, 0.6) is 5.06 Å². The van der Waals surface area contributed by atoms with Crippen molar-refractivity contribution in [3.8, 4) is 16.5 Å². The first-order valence-electron chi connectivity index (χ1n) is 6.20. The molecule has 0 unspecified atom stereocenters. The molecule has 0 bridgehead atoms. The monoisotopic (exact) mass is 304 g/mol. The van der Waals surface area contributed by atoms with Gasteiger partial charge in [-0.3, -0.25) is 0 Å². The van der Waals surface area contributed by atoms with E-state index in [0.717, 1.165) is 15.6 Å². The van der Waals surface area contributed by atoms with E-state index in [0.29, 0.717) is 5.06 Å². The molecule has 0 radical (unpaired) electrons. The number of hydrogen-bond donors (Lipinski definition) is 0. The van der Waals surface area contributed by atoms with E-state index in [1.165, 1.54) is 18.4 Å². The number of ether oxygens (including phenoxy) is 2. The summed E-state index contributed by atoms with van der Waals surface area (Å²) in [6, 6.07) is 7.83. The summed E-state index contributed by atoms with van der Waals surface area (Å²) in [7, 11) is -0.0812. The maximum atomic E-state index is 11.1. The third kappa shape index (κ3) is 3.86. The van der Waals surface area contributed by atoms with Gasteiger partial charge in [0, 0.05) is 16.3 Å². The van der Waals surface area contributed by atoms with Crippen LogP contribution < -0.4 is 4.74 Å². The highest BCUT2D eigenvalue weighted by atomic mass is 32.1. The van der Waals surface area contributed by atoms with E-state index >= 15 is 0 Å². The van der Waals surface area contributed by atoms with Crippen LogP contribution in [0, 0.1) is 11.5 Å². The molecule has 0 amide bonds. The fourth-order valence-corrected chi connectivity index (χ4v) is 2.98. The number of thiophene rings is 1. The number of fused-ring (bicyclic) bond motifs is 1. The van der Waals surface area contributed by atoms with Gasteiger partial charge in [0.15, 0.2) is 5.06 Å². The standard InChI is InChI=1S/C15H16O3SSi/c1-17-15(16)18-14-10-12-6-5-11(9-13(12)19-14)7-8-20(2,3)4/h5-6,9-10H,1-4H3. The van der Waals surface area contributed by atoms with Crippen LogP contribution in [-0.4, -0.2) is 21.3 Å². The molecule has 0 atom stereocenters. The van der Waals surface area contributed by atoms with Gasteiger partial charge < -0.3 is 9.47 Å². The number of benzene rings is 1. The van der Waals surface area contributed by atoms with E-state index in [1.807, 2.05) is 24.3 Å². The quantitative estimate of drug-likeness (QED) is 0.448. The predicted octanol–water partition coefficient (Wildman–Crippen LogP) is 4.28. The summed E-state index contributed by atoms with van der Waals surface area (Å²) in [5.74, 6) is 3.22. The molecule has 2 rings (SSSR count). The number of carbonyl (C=O) groups excluding carboxylic acids is 1. The zero-order valence-electron chi connectivity index (χ0n) is 11.9. The zero-order valence-corrected chi connectivity index (χ0v) is 13.8. The lowest BCUT2D eigenvalue weighted by Crippen LogP contribution is -2.16. The van der Waals surface area contributed by atoms with E-state index in [1.54, 1.807) is 0 Å². The molecule has 5 heteroatoms. The molecular weight excluding hydrogens is 288 g/mol. The molecule has 3 nitrogen and oxygen atoms in total. The summed E-state index contributed by atoms with van der Waals surface area (Å²) in [5, 5.41) is 1.56. The number of hydrogen-bond acceptors (Lipinski definition) is 4. The van der Waals surface area contributed by atoms with Gasteiger partial charge in [-0.1, -0.05) is 43.0 Å². The molecule has 0 saturated heterocycles. The number of methoxy groups -OCH3 is 1. The largest absolute Gasteiger partial charge is 0.514 e. The lowest BCUT2D eigenvalue weighted by atomic mass is 10.2. The van der Waals surface area contributed by atoms with Gasteiger partial charge in [0.1, 0.15) is 8.07 Å². The van der Waals surface area contributed by atoms with Crippen molar-refractivity contribution in [3.05, 3.63) is 29.8 Å². The Bertz CT molecular complexity index is 701. The van der Waals surface area contributed by atoms with Crippen LogP contribution in [0.15, 0.2) is 24.3 Å². The van der Waals surface area contributed by atoms with Crippen molar-refractivity contribution >= 4 is 35.7 Å². The minimum Gasteiger partial charge on any atom is -0.437 e. The normalized spacial score (nSPS) is 10.8. The van der Waals surface area contributed by atoms with Crippen molar-refractivity contribution in [2.45, 2.75) is 19.6 Å². The van der Waals surface area contributed by atoms with Crippen molar-refractivity contribution in [3.63, 3.8) is 0 Å². The summed E-state index contributed by atoms with van der Waals surface area (Å²) in [6.07, 6.45) is -0.699. The van der Waals surface area contributed by atoms with Gasteiger partial charge in [0.2, 0.25) is 0 Å². The van der Waals surface area contributed by atoms with Crippen molar-refractivity contribution < 1.29 is 14.3 Å². The molecule has 0 fully saturated rings. The fraction of sp³-hybridized carbons (Fsp3) is 0.267. The first kappa shape index (κ1) is 14.6. The van der Waals surface area contributed by atoms with Crippen LogP contribution in [-0.2, 0) is 4.74 Å². The van der Waals surface area contributed by atoms with E-state index in [4.69, 9.17) is 4.74 Å². The van der Waals surface area contributed by atoms with Gasteiger partial charge in [-0.2, -0.15) is 0 Å². The van der Waals surface area contributed by atoms with Crippen LogP contribution in [0.25, 0.3) is 10.1 Å². The molecule has 0 aliphatic carbocycles. The molecule has 0 spiro atoms. The minimum atomic E-state index is -1.37. The molecule has 2 aromatic rings. The van der Waals surface area contributed by atoms with Gasteiger partial charge in [-0.05, 0) is 17.5 Å². The third-order valence-electron chi connectivity index (χ3n) is 2.43. The van der Waals surface area contributed by atoms with E-state index in [2.05, 4.69) is 35.8 Å². The smallest absolute Gasteiger partial charge is 0.437 e. The Morgan fingerprint density at radius 1 is 1.25 bits per heavy atom. The first-order chi connectivity index (χ1) is 9.37. The molecular formula is C15H16O3SSi. The molecule has 0 aliphatic heterocycles. The van der Waals surface area contributed by atoms with E-state index in [-0.39, 0.29) is 0 Å². The Hall–Kier alpha value is -1.77. The molecule has 20 heavy (non-hydrogen) atoms. The maximum Gasteiger partial charge on any atom is 0.514 e. The van der Waals surface area contributed by atoms with Crippen LogP contribution in [0.1, 0.15) is 5.56 Å². The van der Waals surface area contributed by atoms with Gasteiger partial charge in [0.25, 0.3) is 0 Å². The van der Waals surface area contributed by atoms with Crippen molar-refractivity contribution in [1.29, 1.82) is 0 Å². The molecule has 0 N–H and O–H groups in total. The van der Waals surface area contributed by atoms with Crippen LogP contribution in [0.4, 0.5) is 4.79 Å². The Kier molecular flexibility index (Phi) is 4.17. The summed E-state index contributed by atoms with van der Waals surface area (Å²) in [5.41, 5.74) is 4.33. The Morgan fingerprint density at radius 2 is 2.00 bits per heavy atom. The van der Waals surface area contributed by atoms with Crippen LogP contribution in [0.3, 0.4) is 0 Å². The summed E-state index contributed by atoms with van der Waals surface area (Å²) in [4.78, 5) is 11.1. The Balaban J connectivity index is 2.30. The fourth-order valence-electron chi connectivity index (χ4n) is 1.52. The highest BCUT2D eigenvalue weighted by molar-refractivity contribution is 7.20. The summed E-state index contributed by atoms with van der Waals surface area (Å²) < 4.78 is 10.6. The third-order valence-corrected chi connectivity index (χ3v) is 4.28. The summed E-state index contributed by atoms with van der Waals surface area (Å²) >= 11 is 1.41. The predicted molar refractivity (Wildman–Crippen MR) is 85.1 cm³/mol. The minimum absolute atomic E-state index is 0.530. The molecule has 0 saturated carbocycles. The molecule has 1 aromatic carbocycles. The topological polar surface area (TPSA) is 35.5 Å². The van der Waals surface area contributed by atoms with Crippen molar-refractivity contribution in [2.75, 3.05) is 7.11 Å². The highest BCUT2D eigenvalue weighted by Gasteiger charge is 2.09. The average molecular weight is 304 g/mol. The van der Waals surface area contributed by atoms with Gasteiger partial charge in [-0.15, -0.1) is 5.54 Å². The van der Waals surface area contributed by atoms with E-state index < -0.39 is 14.2 Å². The zero-order chi connectivity index (χ0) is 14.8. The summed E-state index contributed by atoms with van der Waals surface area (Å²) in [6.45, 7) is 6.64.